The van der Waals surface area contributed by atoms with Gasteiger partial charge in [0.15, 0.2) is 0 Å². The van der Waals surface area contributed by atoms with E-state index in [1.165, 1.54) is 33.4 Å². The molecule has 0 heterocycles. The summed E-state index contributed by atoms with van der Waals surface area (Å²) in [5.41, 5.74) is 8.76. The van der Waals surface area contributed by atoms with Crippen LogP contribution in [0.2, 0.25) is 0 Å². The predicted molar refractivity (Wildman–Crippen MR) is 65.4 cm³/mol. The minimum atomic E-state index is 0. The van der Waals surface area contributed by atoms with Crippen molar-refractivity contribution in [2.45, 2.75) is 41.0 Å². The van der Waals surface area contributed by atoms with Crippen LogP contribution in [0.3, 0.4) is 0 Å². The summed E-state index contributed by atoms with van der Waals surface area (Å²) in [6.45, 7) is 11.3. The largest absolute Gasteiger partial charge is 0.197 e. The van der Waals surface area contributed by atoms with E-state index in [0.717, 1.165) is 6.42 Å². The Morgan fingerprint density at radius 1 is 1.12 bits per heavy atom. The van der Waals surface area contributed by atoms with Crippen molar-refractivity contribution in [1.29, 1.82) is 0 Å². The summed E-state index contributed by atoms with van der Waals surface area (Å²) in [6.07, 6.45) is 6.75. The Morgan fingerprint density at radius 2 is 1.75 bits per heavy atom. The molecule has 2 aliphatic carbocycles. The van der Waals surface area contributed by atoms with Crippen LogP contribution >= 0.6 is 0 Å². The van der Waals surface area contributed by atoms with Crippen molar-refractivity contribution < 1.29 is 26.2 Å². The summed E-state index contributed by atoms with van der Waals surface area (Å²) < 4.78 is 0. The van der Waals surface area contributed by atoms with Crippen LogP contribution in [0, 0.1) is 12.0 Å². The number of hydrogen-bond acceptors (Lipinski definition) is 0. The van der Waals surface area contributed by atoms with Crippen LogP contribution in [0.1, 0.15) is 41.0 Å². The molecule has 0 saturated carbocycles. The van der Waals surface area contributed by atoms with Crippen molar-refractivity contribution in [2.75, 3.05) is 0 Å². The smallest absolute Gasteiger partial charge is 0 e. The molecule has 2 aliphatic rings. The Balaban J connectivity index is 0.00000128. The second-order valence-corrected chi connectivity index (χ2v) is 4.71. The SMILES string of the molecule is CC1=CC[C-]=C1C1=C(C)C(C)=C(C)C1C.[Zr]. The Bertz CT molecular complexity index is 430. The van der Waals surface area contributed by atoms with Crippen molar-refractivity contribution >= 4 is 0 Å². The molecule has 0 aromatic rings. The molecule has 16 heavy (non-hydrogen) atoms. The molecule has 0 aromatic heterocycles. The van der Waals surface area contributed by atoms with E-state index in [0.29, 0.717) is 5.92 Å². The standard InChI is InChI=1S/C15H19.Zr/c1-9-7-6-8-14(9)15-12(4)10(2)11(3)13(15)5;/h7,12H,6H2,1-5H3;/q-1;. The van der Waals surface area contributed by atoms with Crippen LogP contribution in [0.4, 0.5) is 0 Å². The van der Waals surface area contributed by atoms with Crippen LogP contribution in [-0.2, 0) is 26.2 Å². The van der Waals surface area contributed by atoms with Gasteiger partial charge in [-0.25, -0.2) is 0 Å². The second kappa shape index (κ2) is 5.00. The van der Waals surface area contributed by atoms with Gasteiger partial charge in [-0.3, -0.25) is 0 Å². The first-order chi connectivity index (χ1) is 7.04. The number of hydrogen-bond donors (Lipinski definition) is 0. The molecule has 0 aliphatic heterocycles. The maximum atomic E-state index is 3.49. The molecular formula is C15H19Zr-. The molecule has 2 rings (SSSR count). The number of rotatable bonds is 1. The summed E-state index contributed by atoms with van der Waals surface area (Å²) in [7, 11) is 0. The Morgan fingerprint density at radius 3 is 2.12 bits per heavy atom. The van der Waals surface area contributed by atoms with Crippen molar-refractivity contribution in [2.24, 2.45) is 5.92 Å². The van der Waals surface area contributed by atoms with Gasteiger partial charge < -0.3 is 0 Å². The molecule has 84 valence electrons. The molecule has 0 fully saturated rings. The average molecular weight is 291 g/mol. The minimum absolute atomic E-state index is 0. The van der Waals surface area contributed by atoms with E-state index in [1.807, 2.05) is 0 Å². The van der Waals surface area contributed by atoms with E-state index in [-0.39, 0.29) is 26.2 Å². The van der Waals surface area contributed by atoms with Crippen molar-refractivity contribution in [3.63, 3.8) is 0 Å². The second-order valence-electron chi connectivity index (χ2n) is 4.71. The normalized spacial score (nSPS) is 24.7. The summed E-state index contributed by atoms with van der Waals surface area (Å²) >= 11 is 0. The summed E-state index contributed by atoms with van der Waals surface area (Å²) in [6, 6.07) is 0. The Hall–Kier alpha value is -0.157. The van der Waals surface area contributed by atoms with Gasteiger partial charge in [0.1, 0.15) is 0 Å². The van der Waals surface area contributed by atoms with E-state index < -0.39 is 0 Å². The maximum Gasteiger partial charge on any atom is 0 e. The number of allylic oxidation sites excluding steroid dienone is 8. The fourth-order valence-corrected chi connectivity index (χ4v) is 2.62. The topological polar surface area (TPSA) is 0 Å². The summed E-state index contributed by atoms with van der Waals surface area (Å²) in [5, 5.41) is 0. The van der Waals surface area contributed by atoms with Gasteiger partial charge in [0, 0.05) is 26.2 Å². The van der Waals surface area contributed by atoms with Crippen molar-refractivity contribution in [1.82, 2.24) is 0 Å². The fourth-order valence-electron chi connectivity index (χ4n) is 2.62. The van der Waals surface area contributed by atoms with E-state index in [1.54, 1.807) is 0 Å². The van der Waals surface area contributed by atoms with Gasteiger partial charge in [-0.1, -0.05) is 43.9 Å². The van der Waals surface area contributed by atoms with Crippen LogP contribution in [0.25, 0.3) is 0 Å². The minimum Gasteiger partial charge on any atom is -0.197 e. The van der Waals surface area contributed by atoms with Gasteiger partial charge in [-0.2, -0.15) is 17.2 Å². The first-order valence-corrected chi connectivity index (χ1v) is 5.71. The summed E-state index contributed by atoms with van der Waals surface area (Å²) in [4.78, 5) is 0. The maximum absolute atomic E-state index is 3.49. The quantitative estimate of drug-likeness (QED) is 0.629. The van der Waals surface area contributed by atoms with Gasteiger partial charge in [-0.05, 0) is 19.8 Å². The molecule has 1 heteroatoms. The molecule has 0 saturated heterocycles. The molecule has 0 radical (unpaired) electrons. The van der Waals surface area contributed by atoms with Gasteiger partial charge in [0.05, 0.1) is 0 Å². The zero-order valence-corrected chi connectivity index (χ0v) is 13.3. The van der Waals surface area contributed by atoms with Crippen LogP contribution in [0.15, 0.2) is 39.5 Å². The molecule has 0 bridgehead atoms. The summed E-state index contributed by atoms with van der Waals surface area (Å²) in [5.74, 6) is 0.578. The third kappa shape index (κ3) is 1.99. The molecule has 0 aromatic carbocycles. The monoisotopic (exact) mass is 289 g/mol. The molecule has 0 amide bonds. The van der Waals surface area contributed by atoms with E-state index >= 15 is 0 Å². The van der Waals surface area contributed by atoms with Gasteiger partial charge >= 0.3 is 0 Å². The van der Waals surface area contributed by atoms with Crippen LogP contribution < -0.4 is 0 Å². The van der Waals surface area contributed by atoms with E-state index in [4.69, 9.17) is 0 Å². The van der Waals surface area contributed by atoms with Crippen LogP contribution in [-0.4, -0.2) is 0 Å². The van der Waals surface area contributed by atoms with E-state index in [9.17, 15) is 0 Å². The zero-order valence-electron chi connectivity index (χ0n) is 10.9. The Kier molecular flexibility index (Phi) is 4.35. The Labute approximate surface area is 118 Å². The zero-order chi connectivity index (χ0) is 11.2. The molecule has 0 nitrogen and oxygen atoms in total. The van der Waals surface area contributed by atoms with E-state index in [2.05, 4.69) is 46.8 Å². The van der Waals surface area contributed by atoms with Gasteiger partial charge in [-0.15, -0.1) is 11.6 Å². The fraction of sp³-hybridized carbons (Fsp3) is 0.467. The van der Waals surface area contributed by atoms with Crippen molar-refractivity contribution in [3.8, 4) is 0 Å². The van der Waals surface area contributed by atoms with Crippen LogP contribution in [0.5, 0.6) is 0 Å². The first kappa shape index (κ1) is 13.9. The third-order valence-electron chi connectivity index (χ3n) is 3.99. The predicted octanol–water partition coefficient (Wildman–Crippen LogP) is 4.37. The molecule has 1 unspecified atom stereocenters. The first-order valence-electron chi connectivity index (χ1n) is 5.71. The van der Waals surface area contributed by atoms with Gasteiger partial charge in [0.2, 0.25) is 0 Å². The molecule has 0 N–H and O–H groups in total. The molecule has 1 atom stereocenters. The average Bonchev–Trinajstić information content (AvgIpc) is 2.68. The molecular weight excluding hydrogens is 271 g/mol. The molecule has 0 spiro atoms. The van der Waals surface area contributed by atoms with Crippen molar-refractivity contribution in [3.05, 3.63) is 45.6 Å². The van der Waals surface area contributed by atoms with Gasteiger partial charge in [0.25, 0.3) is 0 Å². The third-order valence-corrected chi connectivity index (χ3v) is 3.99.